The van der Waals surface area contributed by atoms with Crippen molar-refractivity contribution in [3.8, 4) is 0 Å². The molecule has 28 heavy (non-hydrogen) atoms. The maximum absolute atomic E-state index is 12.7. The zero-order valence-electron chi connectivity index (χ0n) is 16.7. The fourth-order valence-electron chi connectivity index (χ4n) is 2.99. The van der Waals surface area contributed by atoms with Crippen LogP contribution in [0, 0.1) is 11.8 Å². The van der Waals surface area contributed by atoms with E-state index in [4.69, 9.17) is 0 Å². The molecule has 2 aromatic carbocycles. The Morgan fingerprint density at radius 3 is 2.00 bits per heavy atom. The number of carboxylic acids is 1. The Morgan fingerprint density at radius 1 is 0.964 bits per heavy atom. The number of nitrogens with zero attached hydrogens (tertiary/aromatic N) is 1. The zero-order valence-corrected chi connectivity index (χ0v) is 18.3. The van der Waals surface area contributed by atoms with Crippen LogP contribution in [0.1, 0.15) is 48.4 Å². The summed E-state index contributed by atoms with van der Waals surface area (Å²) in [6.07, 6.45) is 0. The van der Waals surface area contributed by atoms with Crippen molar-refractivity contribution in [1.82, 2.24) is 0 Å². The molecule has 2 N–H and O–H groups in total. The fraction of sp³-hybridized carbons (Fsp3) is 0.364. The van der Waals surface area contributed by atoms with Gasteiger partial charge >= 0.3 is 5.97 Å². The molecule has 0 heterocycles. The maximum atomic E-state index is 12.7. The van der Waals surface area contributed by atoms with Gasteiger partial charge in [0, 0.05) is 23.1 Å². The lowest BCUT2D eigenvalue weighted by molar-refractivity contribution is 0.0696. The van der Waals surface area contributed by atoms with Gasteiger partial charge in [-0.2, -0.15) is 0 Å². The van der Waals surface area contributed by atoms with Gasteiger partial charge in [-0.25, -0.2) is 4.79 Å². The van der Waals surface area contributed by atoms with Crippen LogP contribution >= 0.6 is 15.9 Å². The largest absolute Gasteiger partial charge is 0.478 e. The molecule has 5 nitrogen and oxygen atoms in total. The fourth-order valence-corrected chi connectivity index (χ4v) is 3.26. The van der Waals surface area contributed by atoms with E-state index in [2.05, 4.69) is 53.8 Å². The average Bonchev–Trinajstić information content (AvgIpc) is 2.60. The molecule has 2 aromatic rings. The Morgan fingerprint density at radius 2 is 1.50 bits per heavy atom. The van der Waals surface area contributed by atoms with Crippen LogP contribution in [-0.2, 0) is 0 Å². The molecule has 0 aliphatic rings. The molecular weight excluding hydrogens is 420 g/mol. The molecule has 0 aliphatic heterocycles. The van der Waals surface area contributed by atoms with Gasteiger partial charge in [0.2, 0.25) is 0 Å². The summed E-state index contributed by atoms with van der Waals surface area (Å²) in [4.78, 5) is 26.4. The Labute approximate surface area is 174 Å². The van der Waals surface area contributed by atoms with E-state index in [1.165, 1.54) is 6.07 Å². The summed E-state index contributed by atoms with van der Waals surface area (Å²) in [5.41, 5.74) is 1.99. The summed E-state index contributed by atoms with van der Waals surface area (Å²) >= 11 is 3.36. The second-order valence-electron chi connectivity index (χ2n) is 7.69. The van der Waals surface area contributed by atoms with E-state index in [1.807, 2.05) is 0 Å². The lowest BCUT2D eigenvalue weighted by Gasteiger charge is -2.30. The van der Waals surface area contributed by atoms with Gasteiger partial charge in [-0.15, -0.1) is 0 Å². The van der Waals surface area contributed by atoms with Crippen molar-refractivity contribution in [3.05, 3.63) is 58.1 Å². The molecule has 0 saturated heterocycles. The number of halogens is 1. The number of carboxylic acid groups (broad SMARTS) is 1. The van der Waals surface area contributed by atoms with E-state index in [0.29, 0.717) is 23.1 Å². The summed E-state index contributed by atoms with van der Waals surface area (Å²) in [5, 5.41) is 12.3. The van der Waals surface area contributed by atoms with E-state index >= 15 is 0 Å². The lowest BCUT2D eigenvalue weighted by Crippen LogP contribution is -2.32. The molecule has 0 bridgehead atoms. The number of carbonyl (C=O) groups is 2. The summed E-state index contributed by atoms with van der Waals surface area (Å²) in [5.74, 6) is -0.448. The highest BCUT2D eigenvalue weighted by Crippen LogP contribution is 2.29. The van der Waals surface area contributed by atoms with Crippen molar-refractivity contribution in [1.29, 1.82) is 0 Å². The molecule has 0 spiro atoms. The van der Waals surface area contributed by atoms with E-state index in [-0.39, 0.29) is 11.5 Å². The minimum absolute atomic E-state index is 0.143. The zero-order chi connectivity index (χ0) is 20.8. The number of amides is 1. The molecule has 0 unspecified atom stereocenters. The monoisotopic (exact) mass is 446 g/mol. The van der Waals surface area contributed by atoms with E-state index in [0.717, 1.165) is 23.2 Å². The number of hydrogen-bond acceptors (Lipinski definition) is 3. The first-order valence-electron chi connectivity index (χ1n) is 9.36. The smallest absolute Gasteiger partial charge is 0.335 e. The van der Waals surface area contributed by atoms with Crippen LogP contribution in [-0.4, -0.2) is 30.1 Å². The van der Waals surface area contributed by atoms with Gasteiger partial charge in [-0.05, 0) is 54.3 Å². The number of aromatic carboxylic acids is 1. The first-order valence-corrected chi connectivity index (χ1v) is 10.2. The summed E-state index contributed by atoms with van der Waals surface area (Å²) < 4.78 is 0.887. The third-order valence-corrected chi connectivity index (χ3v) is 4.64. The minimum Gasteiger partial charge on any atom is -0.478 e. The van der Waals surface area contributed by atoms with Crippen LogP contribution in [0.15, 0.2) is 46.9 Å². The van der Waals surface area contributed by atoms with Crippen molar-refractivity contribution >= 4 is 39.2 Å². The highest BCUT2D eigenvalue weighted by atomic mass is 79.9. The van der Waals surface area contributed by atoms with Gasteiger partial charge in [0.15, 0.2) is 0 Å². The standard InChI is InChI=1S/C22H27BrN2O3/c1-14(2)12-25(13-15(3)4)20-10-7-17(22(27)28)11-19(20)24-21(26)16-5-8-18(23)9-6-16/h5-11,14-15H,12-13H2,1-4H3,(H,24,26)(H,27,28). The van der Waals surface area contributed by atoms with Crippen molar-refractivity contribution in [2.75, 3.05) is 23.3 Å². The SMILES string of the molecule is CC(C)CN(CC(C)C)c1ccc(C(=O)O)cc1NC(=O)c1ccc(Br)cc1. The van der Waals surface area contributed by atoms with Gasteiger partial charge in [0.05, 0.1) is 16.9 Å². The van der Waals surface area contributed by atoms with Crippen LogP contribution in [0.4, 0.5) is 11.4 Å². The second kappa shape index (κ2) is 9.73. The van der Waals surface area contributed by atoms with Gasteiger partial charge in [-0.1, -0.05) is 43.6 Å². The summed E-state index contributed by atoms with van der Waals surface area (Å²) in [6, 6.07) is 11.9. The molecular formula is C22H27BrN2O3. The number of carbonyl (C=O) groups excluding carboxylic acids is 1. The molecule has 0 aromatic heterocycles. The topological polar surface area (TPSA) is 69.6 Å². The number of rotatable bonds is 8. The number of benzene rings is 2. The molecule has 2 rings (SSSR count). The average molecular weight is 447 g/mol. The number of nitrogens with one attached hydrogen (secondary N) is 1. The molecule has 150 valence electrons. The third-order valence-electron chi connectivity index (χ3n) is 4.11. The van der Waals surface area contributed by atoms with Crippen molar-refractivity contribution < 1.29 is 14.7 Å². The Bertz CT molecular complexity index is 822. The maximum Gasteiger partial charge on any atom is 0.335 e. The number of hydrogen-bond donors (Lipinski definition) is 2. The van der Waals surface area contributed by atoms with Gasteiger partial charge in [-0.3, -0.25) is 4.79 Å². The normalized spacial score (nSPS) is 11.0. The van der Waals surface area contributed by atoms with Gasteiger partial charge < -0.3 is 15.3 Å². The van der Waals surface area contributed by atoms with Crippen molar-refractivity contribution in [2.24, 2.45) is 11.8 Å². The molecule has 0 radical (unpaired) electrons. The first-order chi connectivity index (χ1) is 13.2. The predicted molar refractivity (Wildman–Crippen MR) is 117 cm³/mol. The first kappa shape index (κ1) is 22.0. The molecule has 0 saturated carbocycles. The van der Waals surface area contributed by atoms with E-state index < -0.39 is 5.97 Å². The summed E-state index contributed by atoms with van der Waals surface area (Å²) in [6.45, 7) is 10.2. The second-order valence-corrected chi connectivity index (χ2v) is 8.61. The minimum atomic E-state index is -1.02. The van der Waals surface area contributed by atoms with E-state index in [1.54, 1.807) is 36.4 Å². The van der Waals surface area contributed by atoms with E-state index in [9.17, 15) is 14.7 Å². The van der Waals surface area contributed by atoms with Crippen LogP contribution in [0.2, 0.25) is 0 Å². The van der Waals surface area contributed by atoms with Crippen LogP contribution in [0.5, 0.6) is 0 Å². The Balaban J connectivity index is 2.43. The highest BCUT2D eigenvalue weighted by Gasteiger charge is 2.18. The third kappa shape index (κ3) is 6.09. The van der Waals surface area contributed by atoms with Gasteiger partial charge in [0.1, 0.15) is 0 Å². The van der Waals surface area contributed by atoms with Crippen LogP contribution in [0.25, 0.3) is 0 Å². The Kier molecular flexibility index (Phi) is 7.63. The molecule has 0 fully saturated rings. The Hall–Kier alpha value is -2.34. The molecule has 0 aliphatic carbocycles. The van der Waals surface area contributed by atoms with Crippen molar-refractivity contribution in [3.63, 3.8) is 0 Å². The quantitative estimate of drug-likeness (QED) is 0.559. The summed E-state index contributed by atoms with van der Waals surface area (Å²) in [7, 11) is 0. The molecule has 0 atom stereocenters. The molecule has 1 amide bonds. The van der Waals surface area contributed by atoms with Crippen molar-refractivity contribution in [2.45, 2.75) is 27.7 Å². The highest BCUT2D eigenvalue weighted by molar-refractivity contribution is 9.10. The molecule has 6 heteroatoms. The number of anilines is 2. The lowest BCUT2D eigenvalue weighted by atomic mass is 10.1. The predicted octanol–water partition coefficient (Wildman–Crippen LogP) is 5.52. The van der Waals surface area contributed by atoms with Gasteiger partial charge in [0.25, 0.3) is 5.91 Å². The van der Waals surface area contributed by atoms with Crippen LogP contribution < -0.4 is 10.2 Å². The van der Waals surface area contributed by atoms with Crippen LogP contribution in [0.3, 0.4) is 0 Å².